The summed E-state index contributed by atoms with van der Waals surface area (Å²) in [6.07, 6.45) is 5.48. The van der Waals surface area contributed by atoms with Gasteiger partial charge in [0.2, 0.25) is 0 Å². The summed E-state index contributed by atoms with van der Waals surface area (Å²) in [6.45, 7) is 0. The van der Waals surface area contributed by atoms with Crippen molar-refractivity contribution in [3.63, 3.8) is 0 Å². The molecule has 0 aromatic heterocycles. The van der Waals surface area contributed by atoms with Crippen molar-refractivity contribution in [1.29, 1.82) is 0 Å². The molecule has 1 atom stereocenters. The van der Waals surface area contributed by atoms with Crippen LogP contribution in [0.25, 0.3) is 0 Å². The molecule has 1 saturated carbocycles. The lowest BCUT2D eigenvalue weighted by atomic mass is 10.2. The number of methoxy groups -OCH3 is 1. The third kappa shape index (κ3) is 2.72. The van der Waals surface area contributed by atoms with Crippen molar-refractivity contribution in [3.8, 4) is 0 Å². The van der Waals surface area contributed by atoms with E-state index in [1.807, 2.05) is 0 Å². The minimum Gasteiger partial charge on any atom is -0.466 e. The number of carbonyl (C=O) groups excluding carboxylic acids is 1. The van der Waals surface area contributed by atoms with Gasteiger partial charge in [-0.25, -0.2) is 4.79 Å². The zero-order valence-electron chi connectivity index (χ0n) is 6.62. The molecule has 0 aromatic carbocycles. The molecular formula is C8H13NO2. The fraction of sp³-hybridized carbons (Fsp3) is 0.625. The molecule has 0 unspecified atom stereocenters. The van der Waals surface area contributed by atoms with Crippen LogP contribution < -0.4 is 5.73 Å². The van der Waals surface area contributed by atoms with Crippen LogP contribution in [0.1, 0.15) is 12.8 Å². The molecular weight excluding hydrogens is 142 g/mol. The third-order valence-electron chi connectivity index (χ3n) is 1.82. The van der Waals surface area contributed by atoms with Crippen molar-refractivity contribution in [2.75, 3.05) is 7.11 Å². The Kier molecular flexibility index (Phi) is 2.65. The quantitative estimate of drug-likeness (QED) is 0.475. The van der Waals surface area contributed by atoms with Gasteiger partial charge in [0.05, 0.1) is 7.11 Å². The Balaban J connectivity index is 2.26. The molecule has 3 nitrogen and oxygen atoms in total. The van der Waals surface area contributed by atoms with E-state index in [9.17, 15) is 4.79 Å². The molecule has 0 radical (unpaired) electrons. The van der Waals surface area contributed by atoms with Gasteiger partial charge in [0.1, 0.15) is 0 Å². The van der Waals surface area contributed by atoms with E-state index in [1.165, 1.54) is 26.0 Å². The molecule has 0 heterocycles. The molecule has 2 N–H and O–H groups in total. The highest BCUT2D eigenvalue weighted by atomic mass is 16.5. The normalized spacial score (nSPS) is 20.2. The Labute approximate surface area is 66.2 Å². The van der Waals surface area contributed by atoms with E-state index in [1.54, 1.807) is 6.08 Å². The first-order chi connectivity index (χ1) is 5.24. The summed E-state index contributed by atoms with van der Waals surface area (Å²) in [7, 11) is 1.36. The van der Waals surface area contributed by atoms with Crippen LogP contribution in [0.4, 0.5) is 0 Å². The Morgan fingerprint density at radius 3 is 2.82 bits per heavy atom. The van der Waals surface area contributed by atoms with Crippen LogP contribution in [0.2, 0.25) is 0 Å². The van der Waals surface area contributed by atoms with Crippen molar-refractivity contribution >= 4 is 5.97 Å². The van der Waals surface area contributed by atoms with Crippen LogP contribution in [0.15, 0.2) is 12.2 Å². The summed E-state index contributed by atoms with van der Waals surface area (Å²) >= 11 is 0. The molecule has 1 aliphatic carbocycles. The van der Waals surface area contributed by atoms with Gasteiger partial charge in [0.25, 0.3) is 0 Å². The number of hydrogen-bond donors (Lipinski definition) is 1. The maximum Gasteiger partial charge on any atom is 0.330 e. The van der Waals surface area contributed by atoms with Gasteiger partial charge in [-0.1, -0.05) is 6.08 Å². The second-order valence-electron chi connectivity index (χ2n) is 2.80. The average Bonchev–Trinajstić information content (AvgIpc) is 2.81. The van der Waals surface area contributed by atoms with E-state index in [4.69, 9.17) is 5.73 Å². The monoisotopic (exact) mass is 155 g/mol. The lowest BCUT2D eigenvalue weighted by molar-refractivity contribution is -0.134. The number of esters is 1. The van der Waals surface area contributed by atoms with Gasteiger partial charge in [-0.2, -0.15) is 0 Å². The fourth-order valence-corrected chi connectivity index (χ4v) is 0.896. The van der Waals surface area contributed by atoms with Gasteiger partial charge in [-0.3, -0.25) is 0 Å². The topological polar surface area (TPSA) is 52.3 Å². The lowest BCUT2D eigenvalue weighted by Gasteiger charge is -2.00. The molecule has 0 saturated heterocycles. The number of rotatable bonds is 3. The molecule has 1 rings (SSSR count). The molecule has 0 amide bonds. The fourth-order valence-electron chi connectivity index (χ4n) is 0.896. The minimum atomic E-state index is -0.332. The van der Waals surface area contributed by atoms with Gasteiger partial charge in [-0.05, 0) is 18.8 Å². The summed E-state index contributed by atoms with van der Waals surface area (Å²) in [5.74, 6) is 0.261. The highest BCUT2D eigenvalue weighted by molar-refractivity contribution is 5.81. The molecule has 1 aliphatic rings. The summed E-state index contributed by atoms with van der Waals surface area (Å²) in [5.41, 5.74) is 5.69. The van der Waals surface area contributed by atoms with Crippen LogP contribution in [-0.2, 0) is 9.53 Å². The van der Waals surface area contributed by atoms with Crippen molar-refractivity contribution in [1.82, 2.24) is 0 Å². The molecule has 0 aliphatic heterocycles. The van der Waals surface area contributed by atoms with Crippen molar-refractivity contribution in [3.05, 3.63) is 12.2 Å². The maximum absolute atomic E-state index is 10.6. The first-order valence-corrected chi connectivity index (χ1v) is 3.76. The molecule has 1 fully saturated rings. The van der Waals surface area contributed by atoms with Gasteiger partial charge in [0, 0.05) is 12.1 Å². The Morgan fingerprint density at radius 1 is 1.73 bits per heavy atom. The molecule has 62 valence electrons. The van der Waals surface area contributed by atoms with Gasteiger partial charge >= 0.3 is 5.97 Å². The predicted octanol–water partition coefficient (Wildman–Crippen LogP) is 0.453. The second-order valence-corrected chi connectivity index (χ2v) is 2.80. The largest absolute Gasteiger partial charge is 0.466 e. The van der Waals surface area contributed by atoms with Crippen LogP contribution >= 0.6 is 0 Å². The van der Waals surface area contributed by atoms with E-state index in [0.717, 1.165) is 0 Å². The molecule has 0 spiro atoms. The first kappa shape index (κ1) is 8.27. The third-order valence-corrected chi connectivity index (χ3v) is 1.82. The first-order valence-electron chi connectivity index (χ1n) is 3.76. The van der Waals surface area contributed by atoms with Gasteiger partial charge < -0.3 is 10.5 Å². The van der Waals surface area contributed by atoms with Crippen LogP contribution in [-0.4, -0.2) is 19.1 Å². The Hall–Kier alpha value is -0.830. The Bertz CT molecular complexity index is 173. The summed E-state index contributed by atoms with van der Waals surface area (Å²) in [4.78, 5) is 10.6. The van der Waals surface area contributed by atoms with Crippen LogP contribution in [0.5, 0.6) is 0 Å². The summed E-state index contributed by atoms with van der Waals surface area (Å²) in [6, 6.07) is 0.0362. The molecule has 11 heavy (non-hydrogen) atoms. The molecule has 0 bridgehead atoms. The second kappa shape index (κ2) is 3.53. The van der Waals surface area contributed by atoms with E-state index < -0.39 is 0 Å². The van der Waals surface area contributed by atoms with E-state index in [2.05, 4.69) is 4.74 Å². The van der Waals surface area contributed by atoms with Crippen molar-refractivity contribution in [2.45, 2.75) is 18.9 Å². The van der Waals surface area contributed by atoms with Crippen molar-refractivity contribution < 1.29 is 9.53 Å². The van der Waals surface area contributed by atoms with Crippen LogP contribution in [0.3, 0.4) is 0 Å². The Morgan fingerprint density at radius 2 is 2.36 bits per heavy atom. The van der Waals surface area contributed by atoms with E-state index in [0.29, 0.717) is 5.92 Å². The van der Waals surface area contributed by atoms with E-state index in [-0.39, 0.29) is 12.0 Å². The number of carbonyl (C=O) groups is 1. The SMILES string of the molecule is COC(=O)/C=C/[C@@H](N)C1CC1. The summed E-state index contributed by atoms with van der Waals surface area (Å²) < 4.78 is 4.42. The number of hydrogen-bond acceptors (Lipinski definition) is 3. The average molecular weight is 155 g/mol. The number of nitrogens with two attached hydrogens (primary N) is 1. The minimum absolute atomic E-state index is 0.0362. The van der Waals surface area contributed by atoms with E-state index >= 15 is 0 Å². The summed E-state index contributed by atoms with van der Waals surface area (Å²) in [5, 5.41) is 0. The van der Waals surface area contributed by atoms with Crippen molar-refractivity contribution in [2.24, 2.45) is 11.7 Å². The highest BCUT2D eigenvalue weighted by Gasteiger charge is 2.26. The zero-order chi connectivity index (χ0) is 8.27. The molecule has 0 aromatic rings. The van der Waals surface area contributed by atoms with Gasteiger partial charge in [-0.15, -0.1) is 0 Å². The predicted molar refractivity (Wildman–Crippen MR) is 41.9 cm³/mol. The highest BCUT2D eigenvalue weighted by Crippen LogP contribution is 2.31. The maximum atomic E-state index is 10.6. The zero-order valence-corrected chi connectivity index (χ0v) is 6.62. The smallest absolute Gasteiger partial charge is 0.330 e. The lowest BCUT2D eigenvalue weighted by Crippen LogP contribution is -2.19. The van der Waals surface area contributed by atoms with Crippen LogP contribution in [0, 0.1) is 5.92 Å². The molecule has 3 heteroatoms. The van der Waals surface area contributed by atoms with Gasteiger partial charge in [0.15, 0.2) is 0 Å². The standard InChI is InChI=1S/C8H13NO2/c1-11-8(10)5-4-7(9)6-2-3-6/h4-7H,2-3,9H2,1H3/b5-4+/t7-/m1/s1. The number of ether oxygens (including phenoxy) is 1.